The van der Waals surface area contributed by atoms with Crippen LogP contribution in [0, 0.1) is 26.6 Å². The van der Waals surface area contributed by atoms with Crippen LogP contribution < -0.4 is 5.32 Å². The lowest BCUT2D eigenvalue weighted by atomic mass is 10.2. The van der Waals surface area contributed by atoms with E-state index in [4.69, 9.17) is 0 Å². The number of carbonyl (C=O) groups is 1. The maximum absolute atomic E-state index is 13.2. The van der Waals surface area contributed by atoms with Crippen molar-refractivity contribution in [3.63, 3.8) is 0 Å². The molecule has 5 nitrogen and oxygen atoms in total. The third-order valence-electron chi connectivity index (χ3n) is 5.23. The lowest BCUT2D eigenvalue weighted by molar-refractivity contribution is 0.0951. The molecule has 0 atom stereocenters. The van der Waals surface area contributed by atoms with Crippen LogP contribution in [0.2, 0.25) is 0 Å². The number of aryl methyl sites for hydroxylation is 2. The van der Waals surface area contributed by atoms with Gasteiger partial charge in [-0.05, 0) is 63.2 Å². The fourth-order valence-corrected chi connectivity index (χ4v) is 3.83. The zero-order valence-electron chi connectivity index (χ0n) is 16.7. The van der Waals surface area contributed by atoms with E-state index in [9.17, 15) is 9.18 Å². The first kappa shape index (κ1) is 18.9. The molecular weight excluding hydrogens is 367 g/mol. The van der Waals surface area contributed by atoms with Crippen LogP contribution >= 0.6 is 0 Å². The molecule has 0 unspecified atom stereocenters. The molecule has 2 heterocycles. The number of amides is 1. The Kier molecular flexibility index (Phi) is 4.92. The van der Waals surface area contributed by atoms with E-state index in [1.54, 1.807) is 12.1 Å². The standard InChI is InChI=1S/C23H23FN4O/c1-15-14-20(16(2)28(15)19-10-8-18(24)9-11-19)23(29)25-12-13-27-17(3)26-21-6-4-5-7-22(21)27/h4-11,14H,12-13H2,1-3H3,(H,25,29). The van der Waals surface area contributed by atoms with E-state index in [1.165, 1.54) is 12.1 Å². The highest BCUT2D eigenvalue weighted by molar-refractivity contribution is 5.95. The summed E-state index contributed by atoms with van der Waals surface area (Å²) in [5.41, 5.74) is 5.24. The maximum atomic E-state index is 13.2. The summed E-state index contributed by atoms with van der Waals surface area (Å²) in [6.07, 6.45) is 0. The lowest BCUT2D eigenvalue weighted by Crippen LogP contribution is -2.27. The van der Waals surface area contributed by atoms with Gasteiger partial charge < -0.3 is 14.5 Å². The molecule has 0 bridgehead atoms. The van der Waals surface area contributed by atoms with Gasteiger partial charge in [-0.1, -0.05) is 12.1 Å². The van der Waals surface area contributed by atoms with Crippen molar-refractivity contribution in [3.05, 3.63) is 83.2 Å². The number of halogens is 1. The van der Waals surface area contributed by atoms with E-state index in [-0.39, 0.29) is 11.7 Å². The predicted molar refractivity (Wildman–Crippen MR) is 112 cm³/mol. The first-order valence-corrected chi connectivity index (χ1v) is 9.60. The summed E-state index contributed by atoms with van der Waals surface area (Å²) in [6, 6.07) is 16.1. The fraction of sp³-hybridized carbons (Fsp3) is 0.217. The van der Waals surface area contributed by atoms with Gasteiger partial charge in [0, 0.05) is 30.2 Å². The topological polar surface area (TPSA) is 51.9 Å². The van der Waals surface area contributed by atoms with Gasteiger partial charge in [0.2, 0.25) is 0 Å². The van der Waals surface area contributed by atoms with Crippen LogP contribution in [-0.4, -0.2) is 26.6 Å². The van der Waals surface area contributed by atoms with Crippen molar-refractivity contribution in [2.24, 2.45) is 0 Å². The number of imidazole rings is 1. The number of benzene rings is 2. The van der Waals surface area contributed by atoms with Gasteiger partial charge in [0.1, 0.15) is 11.6 Å². The van der Waals surface area contributed by atoms with E-state index in [2.05, 4.69) is 14.9 Å². The van der Waals surface area contributed by atoms with Crippen LogP contribution in [0.25, 0.3) is 16.7 Å². The minimum atomic E-state index is -0.281. The fourth-order valence-electron chi connectivity index (χ4n) is 3.83. The summed E-state index contributed by atoms with van der Waals surface area (Å²) < 4.78 is 17.3. The van der Waals surface area contributed by atoms with Crippen molar-refractivity contribution in [3.8, 4) is 5.69 Å². The van der Waals surface area contributed by atoms with Crippen molar-refractivity contribution in [2.45, 2.75) is 27.3 Å². The second-order valence-electron chi connectivity index (χ2n) is 7.15. The van der Waals surface area contributed by atoms with Crippen molar-refractivity contribution in [1.29, 1.82) is 0 Å². The van der Waals surface area contributed by atoms with E-state index in [0.717, 1.165) is 33.9 Å². The van der Waals surface area contributed by atoms with E-state index >= 15 is 0 Å². The average Bonchev–Trinajstić information content (AvgIpc) is 3.18. The number of fused-ring (bicyclic) bond motifs is 1. The number of hydrogen-bond donors (Lipinski definition) is 1. The number of para-hydroxylation sites is 2. The number of aromatic nitrogens is 3. The Morgan fingerprint density at radius 1 is 1.07 bits per heavy atom. The highest BCUT2D eigenvalue weighted by atomic mass is 19.1. The highest BCUT2D eigenvalue weighted by Crippen LogP contribution is 2.21. The van der Waals surface area contributed by atoms with Crippen LogP contribution in [0.1, 0.15) is 27.6 Å². The van der Waals surface area contributed by atoms with Gasteiger partial charge in [-0.3, -0.25) is 4.79 Å². The Bertz CT molecular complexity index is 1190. The van der Waals surface area contributed by atoms with Gasteiger partial charge in [-0.2, -0.15) is 0 Å². The molecule has 2 aromatic heterocycles. The molecule has 4 rings (SSSR count). The van der Waals surface area contributed by atoms with Gasteiger partial charge >= 0.3 is 0 Å². The molecule has 0 aliphatic carbocycles. The predicted octanol–water partition coefficient (Wildman–Crippen LogP) is 4.32. The van der Waals surface area contributed by atoms with Crippen LogP contribution in [-0.2, 0) is 6.54 Å². The number of carbonyl (C=O) groups excluding carboxylic acids is 1. The van der Waals surface area contributed by atoms with Crippen LogP contribution in [0.3, 0.4) is 0 Å². The minimum absolute atomic E-state index is 0.117. The Labute approximate surface area is 168 Å². The number of rotatable bonds is 5. The molecule has 6 heteroatoms. The van der Waals surface area contributed by atoms with Gasteiger partial charge in [0.05, 0.1) is 16.6 Å². The first-order chi connectivity index (χ1) is 14.0. The smallest absolute Gasteiger partial charge is 0.253 e. The first-order valence-electron chi connectivity index (χ1n) is 9.60. The minimum Gasteiger partial charge on any atom is -0.350 e. The average molecular weight is 390 g/mol. The zero-order chi connectivity index (χ0) is 20.5. The van der Waals surface area contributed by atoms with Crippen LogP contribution in [0.15, 0.2) is 54.6 Å². The molecule has 1 amide bonds. The highest BCUT2D eigenvalue weighted by Gasteiger charge is 2.17. The SMILES string of the molecule is Cc1cc(C(=O)NCCn2c(C)nc3ccccc32)c(C)n1-c1ccc(F)cc1. The molecule has 0 aliphatic heterocycles. The Morgan fingerprint density at radius 3 is 2.55 bits per heavy atom. The third-order valence-corrected chi connectivity index (χ3v) is 5.23. The van der Waals surface area contributed by atoms with Gasteiger partial charge in [0.25, 0.3) is 5.91 Å². The maximum Gasteiger partial charge on any atom is 0.253 e. The van der Waals surface area contributed by atoms with Crippen molar-refractivity contribution >= 4 is 16.9 Å². The van der Waals surface area contributed by atoms with Crippen molar-refractivity contribution in [2.75, 3.05) is 6.54 Å². The lowest BCUT2D eigenvalue weighted by Gasteiger charge is -2.11. The molecule has 4 aromatic rings. The van der Waals surface area contributed by atoms with Gasteiger partial charge in [-0.15, -0.1) is 0 Å². The molecular formula is C23H23FN4O. The quantitative estimate of drug-likeness (QED) is 0.552. The summed E-state index contributed by atoms with van der Waals surface area (Å²) in [4.78, 5) is 17.3. The van der Waals surface area contributed by atoms with Crippen LogP contribution in [0.5, 0.6) is 0 Å². The molecule has 0 saturated carbocycles. The molecule has 1 N–H and O–H groups in total. The monoisotopic (exact) mass is 390 g/mol. The number of nitrogens with zero attached hydrogens (tertiary/aromatic N) is 3. The molecule has 148 valence electrons. The van der Waals surface area contributed by atoms with E-state index in [0.29, 0.717) is 18.7 Å². The summed E-state index contributed by atoms with van der Waals surface area (Å²) in [7, 11) is 0. The molecule has 0 fully saturated rings. The summed E-state index contributed by atoms with van der Waals surface area (Å²) >= 11 is 0. The number of hydrogen-bond acceptors (Lipinski definition) is 2. The van der Waals surface area contributed by atoms with Gasteiger partial charge in [0.15, 0.2) is 0 Å². The molecule has 0 aliphatic rings. The largest absolute Gasteiger partial charge is 0.350 e. The summed E-state index contributed by atoms with van der Waals surface area (Å²) in [5.74, 6) is 0.528. The zero-order valence-corrected chi connectivity index (χ0v) is 16.7. The van der Waals surface area contributed by atoms with Crippen molar-refractivity contribution < 1.29 is 9.18 Å². The van der Waals surface area contributed by atoms with E-state index < -0.39 is 0 Å². The van der Waals surface area contributed by atoms with Gasteiger partial charge in [-0.25, -0.2) is 9.37 Å². The molecule has 0 radical (unpaired) electrons. The summed E-state index contributed by atoms with van der Waals surface area (Å²) in [5, 5.41) is 3.01. The van der Waals surface area contributed by atoms with Crippen molar-refractivity contribution in [1.82, 2.24) is 19.4 Å². The Balaban J connectivity index is 1.50. The second kappa shape index (κ2) is 7.54. The molecule has 29 heavy (non-hydrogen) atoms. The normalized spacial score (nSPS) is 11.2. The van der Waals surface area contributed by atoms with Crippen LogP contribution in [0.4, 0.5) is 4.39 Å². The molecule has 0 spiro atoms. The van der Waals surface area contributed by atoms with E-state index in [1.807, 2.05) is 55.7 Å². The number of nitrogens with one attached hydrogen (secondary N) is 1. The second-order valence-corrected chi connectivity index (χ2v) is 7.15. The third kappa shape index (κ3) is 3.53. The summed E-state index contributed by atoms with van der Waals surface area (Å²) in [6.45, 7) is 6.96. The Hall–Kier alpha value is -3.41. The Morgan fingerprint density at radius 2 is 1.79 bits per heavy atom. The molecule has 0 saturated heterocycles. The molecule has 2 aromatic carbocycles.